The summed E-state index contributed by atoms with van der Waals surface area (Å²) in [6, 6.07) is 11.0. The lowest BCUT2D eigenvalue weighted by Gasteiger charge is -2.54. The number of urea groups is 1. The van der Waals surface area contributed by atoms with Crippen LogP contribution in [0.1, 0.15) is 11.1 Å². The van der Waals surface area contributed by atoms with E-state index in [-0.39, 0.29) is 49.4 Å². The van der Waals surface area contributed by atoms with Crippen molar-refractivity contribution in [1.82, 2.24) is 25.1 Å². The summed E-state index contributed by atoms with van der Waals surface area (Å²) in [6.07, 6.45) is -0.485. The number of carbonyl (C=O) groups is 3. The number of fused-ring (bicyclic) bond motifs is 1. The maximum atomic E-state index is 13.5. The topological polar surface area (TPSA) is 106 Å². The molecule has 2 aromatic carbocycles. The molecule has 0 aromatic heterocycles. The number of hydrazine groups is 1. The largest absolute Gasteiger partial charge is 0.508 e. The first-order valence-corrected chi connectivity index (χ1v) is 11.7. The van der Waals surface area contributed by atoms with Gasteiger partial charge in [-0.3, -0.25) is 9.59 Å². The van der Waals surface area contributed by atoms with Crippen LogP contribution in [0.4, 0.5) is 9.18 Å². The summed E-state index contributed by atoms with van der Waals surface area (Å²) in [5.41, 5.74) is 1.50. The van der Waals surface area contributed by atoms with Crippen molar-refractivity contribution in [2.75, 3.05) is 40.4 Å². The van der Waals surface area contributed by atoms with Gasteiger partial charge in [-0.1, -0.05) is 24.3 Å². The third kappa shape index (κ3) is 5.42. The van der Waals surface area contributed by atoms with Crippen molar-refractivity contribution in [3.63, 3.8) is 0 Å². The predicted molar refractivity (Wildman–Crippen MR) is 128 cm³/mol. The van der Waals surface area contributed by atoms with Crippen molar-refractivity contribution < 1.29 is 28.6 Å². The Morgan fingerprint density at radius 1 is 1.11 bits per heavy atom. The molecule has 0 spiro atoms. The number of hydrogen-bond donors (Lipinski definition) is 2. The molecule has 2 aliphatic rings. The number of piperazine rings is 1. The number of nitrogens with zero attached hydrogens (tertiary/aromatic N) is 4. The molecule has 2 N–H and O–H groups in total. The number of rotatable bonds is 7. The van der Waals surface area contributed by atoms with E-state index in [0.717, 1.165) is 11.1 Å². The van der Waals surface area contributed by atoms with Crippen LogP contribution in [-0.2, 0) is 27.3 Å². The van der Waals surface area contributed by atoms with E-state index in [1.807, 2.05) is 0 Å². The Hall–Kier alpha value is -3.70. The predicted octanol–water partition coefficient (Wildman–Crippen LogP) is 1.16. The maximum Gasteiger partial charge on any atom is 0.334 e. The molecule has 2 atom stereocenters. The Morgan fingerprint density at radius 2 is 1.78 bits per heavy atom. The molecule has 2 aromatic rings. The van der Waals surface area contributed by atoms with Gasteiger partial charge in [0.1, 0.15) is 23.8 Å². The summed E-state index contributed by atoms with van der Waals surface area (Å²) >= 11 is 0. The number of ether oxygens (including phenoxy) is 1. The molecule has 0 radical (unpaired) electrons. The standard InChI is InChI=1S/C25H30FN5O5/c1-28-16-23(33)30-21(13-17-5-9-20(32)10-6-17)24(34)29(11-12-36-2)15-22(30)31(28)25(35)27-14-18-3-7-19(26)8-4-18/h3-10,21-22,32H,11-16H2,1-2H3,(H,27,35)/t21-,22-/m0/s1. The van der Waals surface area contributed by atoms with Crippen LogP contribution >= 0.6 is 0 Å². The Kier molecular flexibility index (Phi) is 7.70. The molecule has 2 saturated heterocycles. The number of benzene rings is 2. The minimum atomic E-state index is -0.821. The third-order valence-corrected chi connectivity index (χ3v) is 6.44. The van der Waals surface area contributed by atoms with Crippen LogP contribution in [0.15, 0.2) is 48.5 Å². The number of hydrogen-bond acceptors (Lipinski definition) is 6. The van der Waals surface area contributed by atoms with Crippen molar-refractivity contribution in [2.45, 2.75) is 25.2 Å². The monoisotopic (exact) mass is 499 g/mol. The molecule has 10 nitrogen and oxygen atoms in total. The maximum absolute atomic E-state index is 13.5. The molecule has 36 heavy (non-hydrogen) atoms. The van der Waals surface area contributed by atoms with Gasteiger partial charge in [0.05, 0.1) is 19.7 Å². The SMILES string of the molecule is COCCN1C[C@H]2N(C(=O)CN(C)N2C(=O)NCc2ccc(F)cc2)[C@@H](Cc2ccc(O)cc2)C1=O. The fraction of sp³-hybridized carbons (Fsp3) is 0.400. The molecule has 4 amide bonds. The summed E-state index contributed by atoms with van der Waals surface area (Å²) in [5, 5.41) is 15.5. The minimum Gasteiger partial charge on any atom is -0.508 e. The average Bonchev–Trinajstić information content (AvgIpc) is 2.85. The molecule has 0 aliphatic carbocycles. The molecule has 2 fully saturated rings. The van der Waals surface area contributed by atoms with Gasteiger partial charge >= 0.3 is 6.03 Å². The highest BCUT2D eigenvalue weighted by Gasteiger charge is 2.50. The lowest BCUT2D eigenvalue weighted by molar-refractivity contribution is -0.187. The summed E-state index contributed by atoms with van der Waals surface area (Å²) < 4.78 is 18.4. The number of likely N-dealkylation sites (N-methyl/N-ethyl adjacent to an activating group) is 1. The number of aromatic hydroxyl groups is 1. The highest BCUT2D eigenvalue weighted by Crippen LogP contribution is 2.28. The van der Waals surface area contributed by atoms with Gasteiger partial charge in [-0.2, -0.15) is 0 Å². The summed E-state index contributed by atoms with van der Waals surface area (Å²) in [6.45, 7) is 0.860. The van der Waals surface area contributed by atoms with Crippen LogP contribution in [0.2, 0.25) is 0 Å². The molecular weight excluding hydrogens is 469 g/mol. The second-order valence-electron chi connectivity index (χ2n) is 8.89. The normalized spacial score (nSPS) is 20.5. The fourth-order valence-corrected chi connectivity index (χ4v) is 4.62. The lowest BCUT2D eigenvalue weighted by Crippen LogP contribution is -2.76. The molecule has 192 valence electrons. The van der Waals surface area contributed by atoms with E-state index in [0.29, 0.717) is 13.2 Å². The molecule has 4 rings (SSSR count). The van der Waals surface area contributed by atoms with E-state index in [9.17, 15) is 23.9 Å². The van der Waals surface area contributed by atoms with Crippen molar-refractivity contribution in [2.24, 2.45) is 0 Å². The van der Waals surface area contributed by atoms with Crippen LogP contribution < -0.4 is 5.32 Å². The number of phenols is 1. The summed E-state index contributed by atoms with van der Waals surface area (Å²) in [4.78, 5) is 43.1. The number of methoxy groups -OCH3 is 1. The van der Waals surface area contributed by atoms with Crippen molar-refractivity contribution in [1.29, 1.82) is 0 Å². The lowest BCUT2D eigenvalue weighted by atomic mass is 9.99. The quantitative estimate of drug-likeness (QED) is 0.593. The molecular formula is C25H30FN5O5. The number of phenolic OH excluding ortho intramolecular Hbond substituents is 1. The highest BCUT2D eigenvalue weighted by atomic mass is 19.1. The Morgan fingerprint density at radius 3 is 2.44 bits per heavy atom. The third-order valence-electron chi connectivity index (χ3n) is 6.44. The second kappa shape index (κ2) is 10.9. The van der Waals surface area contributed by atoms with Crippen molar-refractivity contribution in [3.05, 3.63) is 65.5 Å². The Balaban J connectivity index is 1.60. The van der Waals surface area contributed by atoms with Crippen molar-refractivity contribution in [3.8, 4) is 5.75 Å². The summed E-state index contributed by atoms with van der Waals surface area (Å²) in [7, 11) is 3.19. The number of nitrogens with one attached hydrogen (secondary N) is 1. The van der Waals surface area contributed by atoms with Gasteiger partial charge in [-0.15, -0.1) is 0 Å². The van der Waals surface area contributed by atoms with E-state index in [1.165, 1.54) is 34.2 Å². The van der Waals surface area contributed by atoms with Crippen molar-refractivity contribution >= 4 is 17.8 Å². The molecule has 2 heterocycles. The molecule has 0 bridgehead atoms. The van der Waals surface area contributed by atoms with E-state index in [4.69, 9.17) is 4.74 Å². The van der Waals surface area contributed by atoms with E-state index in [2.05, 4.69) is 5.32 Å². The molecule has 11 heteroatoms. The zero-order valence-electron chi connectivity index (χ0n) is 20.3. The van der Waals surface area contributed by atoms with Crippen LogP contribution in [-0.4, -0.2) is 95.4 Å². The average molecular weight is 500 g/mol. The number of carbonyl (C=O) groups excluding carboxylic acids is 3. The van der Waals surface area contributed by atoms with Crippen LogP contribution in [0.25, 0.3) is 0 Å². The van der Waals surface area contributed by atoms with Crippen LogP contribution in [0.5, 0.6) is 5.75 Å². The van der Waals surface area contributed by atoms with Gasteiger partial charge in [0.25, 0.3) is 0 Å². The summed E-state index contributed by atoms with van der Waals surface area (Å²) in [5.74, 6) is -0.736. The van der Waals surface area contributed by atoms with Crippen LogP contribution in [0.3, 0.4) is 0 Å². The van der Waals surface area contributed by atoms with E-state index >= 15 is 0 Å². The van der Waals surface area contributed by atoms with E-state index < -0.39 is 18.2 Å². The Bertz CT molecular complexity index is 1100. The minimum absolute atomic E-state index is 0.0715. The van der Waals surface area contributed by atoms with Gasteiger partial charge in [0, 0.05) is 33.7 Å². The molecule has 0 saturated carbocycles. The molecule has 0 unspecified atom stereocenters. The highest BCUT2D eigenvalue weighted by molar-refractivity contribution is 5.91. The first-order chi connectivity index (χ1) is 17.3. The second-order valence-corrected chi connectivity index (χ2v) is 8.89. The first-order valence-electron chi connectivity index (χ1n) is 11.7. The molecule has 2 aliphatic heterocycles. The fourth-order valence-electron chi connectivity index (χ4n) is 4.62. The number of amides is 4. The van der Waals surface area contributed by atoms with Crippen LogP contribution in [0, 0.1) is 5.82 Å². The smallest absolute Gasteiger partial charge is 0.334 e. The Labute approximate surface area is 208 Å². The zero-order chi connectivity index (χ0) is 25.8. The zero-order valence-corrected chi connectivity index (χ0v) is 20.3. The van der Waals surface area contributed by atoms with Gasteiger partial charge in [-0.05, 0) is 35.4 Å². The number of halogens is 1. The van der Waals surface area contributed by atoms with Gasteiger partial charge in [0.2, 0.25) is 11.8 Å². The first kappa shape index (κ1) is 25.4. The van der Waals surface area contributed by atoms with E-state index in [1.54, 1.807) is 48.3 Å². The van der Waals surface area contributed by atoms with Gasteiger partial charge in [-0.25, -0.2) is 19.2 Å². The van der Waals surface area contributed by atoms with Gasteiger partial charge < -0.3 is 25.0 Å². The van der Waals surface area contributed by atoms with Gasteiger partial charge in [0.15, 0.2) is 0 Å².